The monoisotopic (exact) mass is 455 g/mol. The molecule has 176 valence electrons. The Bertz CT molecular complexity index is 632. The van der Waals surface area contributed by atoms with Gasteiger partial charge in [-0.2, -0.15) is 11.8 Å². The fraction of sp³-hybridized carbons (Fsp3) is 0.826. The summed E-state index contributed by atoms with van der Waals surface area (Å²) in [5.74, 6) is 1.28. The third-order valence-electron chi connectivity index (χ3n) is 5.73. The number of thioether (sulfide) groups is 1. The van der Waals surface area contributed by atoms with Crippen LogP contribution in [0.15, 0.2) is 0 Å². The molecule has 1 amide bonds. The van der Waals surface area contributed by atoms with Crippen LogP contribution < -0.4 is 5.32 Å². The van der Waals surface area contributed by atoms with Crippen molar-refractivity contribution >= 4 is 35.4 Å². The highest BCUT2D eigenvalue weighted by atomic mass is 32.2. The van der Waals surface area contributed by atoms with Crippen molar-refractivity contribution in [2.24, 2.45) is 17.8 Å². The lowest BCUT2D eigenvalue weighted by Gasteiger charge is -2.24. The van der Waals surface area contributed by atoms with Crippen molar-refractivity contribution in [3.05, 3.63) is 0 Å². The van der Waals surface area contributed by atoms with Crippen molar-refractivity contribution < 1.29 is 28.7 Å². The van der Waals surface area contributed by atoms with Crippen molar-refractivity contribution in [3.63, 3.8) is 0 Å². The van der Waals surface area contributed by atoms with Crippen LogP contribution in [0.25, 0.3) is 0 Å². The van der Waals surface area contributed by atoms with Crippen molar-refractivity contribution in [1.29, 1.82) is 0 Å². The van der Waals surface area contributed by atoms with Gasteiger partial charge in [-0.3, -0.25) is 19.2 Å². The summed E-state index contributed by atoms with van der Waals surface area (Å²) in [5.41, 5.74) is 0. The number of hydrogen-bond donors (Lipinski definition) is 1. The summed E-state index contributed by atoms with van der Waals surface area (Å²) in [7, 11) is 0. The van der Waals surface area contributed by atoms with Crippen LogP contribution in [0.2, 0.25) is 0 Å². The number of carbonyl (C=O) groups is 4. The molecule has 31 heavy (non-hydrogen) atoms. The number of nitrogens with one attached hydrogen (secondary N) is 1. The molecule has 0 radical (unpaired) electrons. The average Bonchev–Trinajstić information content (AvgIpc) is 3.67. The first-order valence-electron chi connectivity index (χ1n) is 11.6. The van der Waals surface area contributed by atoms with Crippen molar-refractivity contribution in [2.45, 2.75) is 84.3 Å². The van der Waals surface area contributed by atoms with Crippen molar-refractivity contribution in [2.75, 3.05) is 18.1 Å². The van der Waals surface area contributed by atoms with Crippen LogP contribution in [-0.4, -0.2) is 53.9 Å². The van der Waals surface area contributed by atoms with E-state index in [0.717, 1.165) is 19.3 Å². The largest absolute Gasteiger partial charge is 0.462 e. The second-order valence-electron chi connectivity index (χ2n) is 8.54. The number of carbonyl (C=O) groups excluding carboxylic acids is 4. The maximum Gasteiger partial charge on any atom is 0.305 e. The summed E-state index contributed by atoms with van der Waals surface area (Å²) >= 11 is 1.44. The van der Waals surface area contributed by atoms with Gasteiger partial charge in [0.05, 0.1) is 6.04 Å². The first kappa shape index (κ1) is 25.7. The van der Waals surface area contributed by atoms with Crippen LogP contribution in [0, 0.1) is 17.8 Å². The summed E-state index contributed by atoms with van der Waals surface area (Å²) < 4.78 is 10.5. The molecule has 0 saturated heterocycles. The van der Waals surface area contributed by atoms with Crippen molar-refractivity contribution in [3.8, 4) is 0 Å². The molecule has 2 fully saturated rings. The van der Waals surface area contributed by atoms with Crippen LogP contribution >= 0.6 is 11.8 Å². The summed E-state index contributed by atoms with van der Waals surface area (Å²) in [5, 5.41) is 2.91. The second-order valence-corrected chi connectivity index (χ2v) is 9.61. The Morgan fingerprint density at radius 3 is 2.16 bits per heavy atom. The molecule has 3 unspecified atom stereocenters. The van der Waals surface area contributed by atoms with E-state index in [1.165, 1.54) is 24.6 Å². The highest BCUT2D eigenvalue weighted by Gasteiger charge is 2.42. The zero-order valence-electron chi connectivity index (χ0n) is 19.0. The van der Waals surface area contributed by atoms with Gasteiger partial charge in [-0.15, -0.1) is 0 Å². The van der Waals surface area contributed by atoms with Crippen LogP contribution in [0.5, 0.6) is 0 Å². The first-order chi connectivity index (χ1) is 14.9. The van der Waals surface area contributed by atoms with E-state index >= 15 is 0 Å². The predicted molar refractivity (Wildman–Crippen MR) is 120 cm³/mol. The number of ether oxygens (including phenoxy) is 2. The quantitative estimate of drug-likeness (QED) is 0.357. The van der Waals surface area contributed by atoms with E-state index in [9.17, 15) is 19.2 Å². The molecule has 3 atom stereocenters. The molecule has 8 heteroatoms. The van der Waals surface area contributed by atoms with Gasteiger partial charge in [0.25, 0.3) is 0 Å². The summed E-state index contributed by atoms with van der Waals surface area (Å²) in [4.78, 5) is 48.6. The maximum atomic E-state index is 13.3. The van der Waals surface area contributed by atoms with E-state index in [1.807, 2.05) is 0 Å². The molecule has 0 bridgehead atoms. The number of amides is 1. The van der Waals surface area contributed by atoms with E-state index in [4.69, 9.17) is 9.47 Å². The Balaban J connectivity index is 1.94. The smallest absolute Gasteiger partial charge is 0.305 e. The fourth-order valence-electron chi connectivity index (χ4n) is 3.49. The van der Waals surface area contributed by atoms with Crippen molar-refractivity contribution in [1.82, 2.24) is 5.32 Å². The molecule has 0 aromatic rings. The molecular weight excluding hydrogens is 418 g/mol. The van der Waals surface area contributed by atoms with Gasteiger partial charge in [-0.1, -0.05) is 33.6 Å². The highest BCUT2D eigenvalue weighted by Crippen LogP contribution is 2.45. The lowest BCUT2D eigenvalue weighted by atomic mass is 9.89. The number of rotatable bonds is 16. The van der Waals surface area contributed by atoms with Crippen LogP contribution in [0.1, 0.15) is 72.1 Å². The van der Waals surface area contributed by atoms with Gasteiger partial charge < -0.3 is 14.8 Å². The minimum Gasteiger partial charge on any atom is -0.462 e. The van der Waals surface area contributed by atoms with E-state index in [0.29, 0.717) is 29.8 Å². The second kappa shape index (κ2) is 13.1. The zero-order chi connectivity index (χ0) is 22.8. The normalized spacial score (nSPS) is 18.5. The first-order valence-corrected chi connectivity index (χ1v) is 12.8. The Labute approximate surface area is 189 Å². The standard InChI is InChI=1S/C23H37NO6S/c1-4-20(25)24-19(23(28)18(16-9-10-16)11-15-7-8-15)14-31-13-17(30-22(27)6-3)12-29-21(26)5-2/h15-19H,4-14H2,1-3H3,(H,24,25). The van der Waals surface area contributed by atoms with E-state index in [1.54, 1.807) is 20.8 Å². The van der Waals surface area contributed by atoms with Gasteiger partial charge in [0.2, 0.25) is 5.91 Å². The van der Waals surface area contributed by atoms with Gasteiger partial charge in [0.1, 0.15) is 12.7 Å². The lowest BCUT2D eigenvalue weighted by Crippen LogP contribution is -2.46. The third kappa shape index (κ3) is 9.62. The number of hydrogen-bond acceptors (Lipinski definition) is 7. The van der Waals surface area contributed by atoms with Gasteiger partial charge >= 0.3 is 11.9 Å². The Morgan fingerprint density at radius 2 is 1.61 bits per heavy atom. The molecule has 0 aliphatic heterocycles. The number of esters is 2. The predicted octanol–water partition coefficient (Wildman–Crippen LogP) is 3.28. The molecule has 7 nitrogen and oxygen atoms in total. The average molecular weight is 456 g/mol. The molecule has 0 aromatic carbocycles. The van der Waals surface area contributed by atoms with E-state index < -0.39 is 12.1 Å². The topological polar surface area (TPSA) is 98.8 Å². The minimum absolute atomic E-state index is 0.00226. The van der Waals surface area contributed by atoms with Gasteiger partial charge in [-0.05, 0) is 31.1 Å². The zero-order valence-corrected chi connectivity index (χ0v) is 19.8. The fourth-order valence-corrected chi connectivity index (χ4v) is 4.54. The molecule has 1 N–H and O–H groups in total. The Kier molecular flexibility index (Phi) is 10.8. The third-order valence-corrected chi connectivity index (χ3v) is 6.91. The molecule has 2 saturated carbocycles. The maximum absolute atomic E-state index is 13.3. The molecule has 2 aliphatic rings. The highest BCUT2D eigenvalue weighted by molar-refractivity contribution is 7.99. The number of ketones is 1. The molecule has 2 aliphatic carbocycles. The summed E-state index contributed by atoms with van der Waals surface area (Å²) in [6, 6.07) is -0.539. The summed E-state index contributed by atoms with van der Waals surface area (Å²) in [6.45, 7) is 5.18. The van der Waals surface area contributed by atoms with Crippen LogP contribution in [-0.2, 0) is 28.7 Å². The Morgan fingerprint density at radius 1 is 0.935 bits per heavy atom. The summed E-state index contributed by atoms with van der Waals surface area (Å²) in [6.07, 6.45) is 5.80. The number of Topliss-reactive ketones (excluding diaryl/α,β-unsaturated/α-hetero) is 1. The van der Waals surface area contributed by atoms with E-state index in [2.05, 4.69) is 5.32 Å². The molecule has 2 rings (SSSR count). The van der Waals surface area contributed by atoms with E-state index in [-0.39, 0.29) is 49.0 Å². The molecule has 0 spiro atoms. The SMILES string of the molecule is CCC(=O)NC(CSCC(COC(=O)CC)OC(=O)CC)C(=O)C(CC1CC1)C1CC1. The van der Waals surface area contributed by atoms with Crippen LogP contribution in [0.4, 0.5) is 0 Å². The van der Waals surface area contributed by atoms with Crippen LogP contribution in [0.3, 0.4) is 0 Å². The molecule has 0 heterocycles. The lowest BCUT2D eigenvalue weighted by molar-refractivity contribution is -0.157. The molecular formula is C23H37NO6S. The minimum atomic E-state index is -0.573. The van der Waals surface area contributed by atoms with Gasteiger partial charge in [-0.25, -0.2) is 0 Å². The molecule has 0 aromatic heterocycles. The van der Waals surface area contributed by atoms with Gasteiger partial charge in [0.15, 0.2) is 5.78 Å². The Hall–Kier alpha value is -1.57. The van der Waals surface area contributed by atoms with Gasteiger partial charge in [0, 0.05) is 36.7 Å².